The van der Waals surface area contributed by atoms with Gasteiger partial charge in [-0.25, -0.2) is 4.79 Å². The van der Waals surface area contributed by atoms with Crippen molar-refractivity contribution in [1.82, 2.24) is 29.8 Å². The van der Waals surface area contributed by atoms with E-state index in [-0.39, 0.29) is 68.6 Å². The number of ether oxygens (including phenoxy) is 1. The molecule has 0 saturated carbocycles. The van der Waals surface area contributed by atoms with Crippen molar-refractivity contribution in [2.24, 2.45) is 47.3 Å². The van der Waals surface area contributed by atoms with Crippen molar-refractivity contribution in [3.63, 3.8) is 0 Å². The Morgan fingerprint density at radius 2 is 1.21 bits per heavy atom. The number of hydrogen-bond donors (Lipinski definition) is 2. The van der Waals surface area contributed by atoms with E-state index in [2.05, 4.69) is 21.2 Å². The van der Waals surface area contributed by atoms with Crippen molar-refractivity contribution < 1.29 is 53.0 Å². The van der Waals surface area contributed by atoms with Crippen molar-refractivity contribution in [2.45, 2.75) is 176 Å². The summed E-state index contributed by atoms with van der Waals surface area (Å²) in [4.78, 5) is 141. The summed E-state index contributed by atoms with van der Waals surface area (Å²) in [6, 6.07) is 10.2. The van der Waals surface area contributed by atoms with E-state index in [0.717, 1.165) is 14.9 Å². The summed E-state index contributed by atoms with van der Waals surface area (Å²) < 4.78 is 6.94. The van der Waals surface area contributed by atoms with Crippen LogP contribution in [0.4, 0.5) is 0 Å². The number of hydrogen-bond acceptors (Lipinski definition) is 11. The molecule has 0 aliphatic carbocycles. The highest BCUT2D eigenvalue weighted by atomic mass is 79.9. The third-order valence-electron chi connectivity index (χ3n) is 16.6. The molecule has 2 fully saturated rings. The number of fused-ring (bicyclic) bond motifs is 2. The van der Waals surface area contributed by atoms with E-state index in [4.69, 9.17) is 4.74 Å². The molecular formula is C62H93BrN6O11. The van der Waals surface area contributed by atoms with Gasteiger partial charge in [0.15, 0.2) is 17.9 Å². The van der Waals surface area contributed by atoms with Crippen LogP contribution >= 0.6 is 15.9 Å². The molecule has 444 valence electrons. The third kappa shape index (κ3) is 17.0. The molecule has 80 heavy (non-hydrogen) atoms. The third-order valence-corrected chi connectivity index (χ3v) is 17.1. The Morgan fingerprint density at radius 3 is 1.75 bits per heavy atom. The summed E-state index contributed by atoms with van der Waals surface area (Å²) in [5.41, 5.74) is -0.474. The molecule has 3 unspecified atom stereocenters. The number of halogens is 1. The van der Waals surface area contributed by atoms with E-state index in [1.807, 2.05) is 96.1 Å². The fourth-order valence-corrected chi connectivity index (χ4v) is 11.9. The number of nitrogens with one attached hydrogen (secondary N) is 1. The zero-order chi connectivity index (χ0) is 60.2. The highest BCUT2D eigenvalue weighted by molar-refractivity contribution is 9.10. The molecule has 2 bridgehead atoms. The van der Waals surface area contributed by atoms with Crippen LogP contribution in [0.1, 0.15) is 133 Å². The van der Waals surface area contributed by atoms with Crippen molar-refractivity contribution in [2.75, 3.05) is 41.3 Å². The normalized spacial score (nSPS) is 26.5. The average Bonchev–Trinajstić information content (AvgIpc) is 3.91. The van der Waals surface area contributed by atoms with Gasteiger partial charge in [0.2, 0.25) is 29.5 Å². The molecule has 4 rings (SSSR count). The highest BCUT2D eigenvalue weighted by Gasteiger charge is 2.47. The van der Waals surface area contributed by atoms with Crippen LogP contribution in [0, 0.1) is 47.3 Å². The maximum atomic E-state index is 15.2. The van der Waals surface area contributed by atoms with Crippen LogP contribution < -0.4 is 5.32 Å². The lowest BCUT2D eigenvalue weighted by molar-refractivity contribution is -0.178. The van der Waals surface area contributed by atoms with E-state index < -0.39 is 119 Å². The molecule has 2 aromatic carbocycles. The monoisotopic (exact) mass is 1180 g/mol. The number of aliphatic hydroxyl groups is 1. The van der Waals surface area contributed by atoms with Gasteiger partial charge in [-0.1, -0.05) is 134 Å². The molecule has 2 saturated heterocycles. The first-order valence-electron chi connectivity index (χ1n) is 28.8. The van der Waals surface area contributed by atoms with Gasteiger partial charge < -0.3 is 39.7 Å². The lowest BCUT2D eigenvalue weighted by atomic mass is 9.82. The van der Waals surface area contributed by atoms with Gasteiger partial charge in [-0.3, -0.25) is 38.4 Å². The molecule has 2 N–H and O–H groups in total. The zero-order valence-electron chi connectivity index (χ0n) is 50.5. The summed E-state index contributed by atoms with van der Waals surface area (Å²) in [5.74, 6) is -9.48. The summed E-state index contributed by atoms with van der Waals surface area (Å²) in [5, 5.41) is 14.7. The lowest BCUT2D eigenvalue weighted by Gasteiger charge is -2.39. The smallest absolute Gasteiger partial charge is 0.332 e. The van der Waals surface area contributed by atoms with Crippen molar-refractivity contribution in [3.8, 4) is 0 Å². The number of likely N-dealkylation sites (N-methyl/N-ethyl adjacent to an activating group) is 4. The first kappa shape index (κ1) is 67.0. The minimum atomic E-state index is -1.94. The maximum absolute atomic E-state index is 15.2. The predicted molar refractivity (Wildman–Crippen MR) is 311 cm³/mol. The Kier molecular flexibility index (Phi) is 24.7. The van der Waals surface area contributed by atoms with E-state index in [0.29, 0.717) is 24.8 Å². The van der Waals surface area contributed by atoms with E-state index in [1.54, 1.807) is 39.6 Å². The minimum absolute atomic E-state index is 0.0186. The van der Waals surface area contributed by atoms with Crippen LogP contribution in [-0.2, 0) is 60.7 Å². The van der Waals surface area contributed by atoms with Gasteiger partial charge in [0.25, 0.3) is 5.91 Å². The predicted octanol–water partition coefficient (Wildman–Crippen LogP) is 7.17. The van der Waals surface area contributed by atoms with Gasteiger partial charge in [0.05, 0.1) is 11.6 Å². The zero-order valence-corrected chi connectivity index (χ0v) is 52.1. The minimum Gasteiger partial charge on any atom is -0.450 e. The Hall–Kier alpha value is -5.49. The van der Waals surface area contributed by atoms with Crippen LogP contribution in [0.25, 0.3) is 0 Å². The fourth-order valence-electron chi connectivity index (χ4n) is 11.6. The van der Waals surface area contributed by atoms with Gasteiger partial charge >= 0.3 is 5.97 Å². The summed E-state index contributed by atoms with van der Waals surface area (Å²) in [7, 11) is 5.86. The summed E-state index contributed by atoms with van der Waals surface area (Å²) in [6.45, 7) is 21.2. The van der Waals surface area contributed by atoms with Gasteiger partial charge in [-0.15, -0.1) is 0 Å². The molecule has 2 aromatic rings. The first-order chi connectivity index (χ1) is 37.4. The number of amides is 6. The standard InChI is InChI=1S/C62H93BrN6O11/c1-17-39(9)46-34-49(70)43-28-29-69(35-43)59(76)48(32-42-24-26-45(63)27-25-42)65(13)58(75)47(31-41-22-20-19-21-23-41)64-55(72)52(38(7)8)67(15)60(77)53(40(10)18-2)80-61(78)54(62(11,12)79)68(16)56(73)44(30-36(3)4)33-50(71)51(37(5)6)66(14)57(46)74/h19-27,36-40,43-44,46-48,51-54,79H,17-18,28-35H2,1-16H3,(H,64,72)/t39?,40?,43-,44-,46+,47+,48+,51+,52+,53-,54?/m1/s1. The van der Waals surface area contributed by atoms with E-state index in [9.17, 15) is 38.7 Å². The number of esters is 1. The molecule has 0 radical (unpaired) electrons. The number of nitrogens with zero attached hydrogens (tertiary/aromatic N) is 5. The lowest BCUT2D eigenvalue weighted by Crippen LogP contribution is -2.61. The Morgan fingerprint density at radius 1 is 0.650 bits per heavy atom. The number of rotatable bonds is 13. The highest BCUT2D eigenvalue weighted by Crippen LogP contribution is 2.32. The number of ketones is 2. The SMILES string of the molecule is CCC(C)[C@@H]1CC(=O)[C@@H]2CCN(C2)C(=O)[C@H](Cc2ccc(Br)cc2)N(C)C(=O)[C@H](Cc2ccccc2)NC(=O)[C@H](C(C)C)N(C)C(=O)[C@@H](C(C)CC)OC(=O)C(C(C)(C)O)N(C)C(=O)[C@H](CC(C)C)CC(=O)[C@H](C(C)C)N(C)C1=O. The quantitative estimate of drug-likeness (QED) is 0.192. The summed E-state index contributed by atoms with van der Waals surface area (Å²) >= 11 is 3.49. The second-order valence-electron chi connectivity index (χ2n) is 24.5. The number of cyclic esters (lactones) is 1. The molecule has 2 aliphatic heterocycles. The largest absolute Gasteiger partial charge is 0.450 e. The van der Waals surface area contributed by atoms with Gasteiger partial charge in [0, 0.05) is 95.1 Å². The van der Waals surface area contributed by atoms with Crippen LogP contribution in [0.15, 0.2) is 59.1 Å². The van der Waals surface area contributed by atoms with E-state index in [1.165, 1.54) is 49.7 Å². The molecule has 11 atom stereocenters. The Balaban J connectivity index is 1.94. The number of carbonyl (C=O) groups is 9. The molecule has 6 amide bonds. The maximum Gasteiger partial charge on any atom is 0.332 e. The second-order valence-corrected chi connectivity index (χ2v) is 25.4. The molecule has 0 aromatic heterocycles. The van der Waals surface area contributed by atoms with Gasteiger partial charge in [0.1, 0.15) is 23.9 Å². The average molecular weight is 1180 g/mol. The van der Waals surface area contributed by atoms with Crippen molar-refractivity contribution >= 4 is 68.9 Å². The Labute approximate surface area is 484 Å². The Bertz CT molecular complexity index is 2480. The first-order valence-corrected chi connectivity index (χ1v) is 29.6. The van der Waals surface area contributed by atoms with Crippen LogP contribution in [0.5, 0.6) is 0 Å². The second kappa shape index (κ2) is 29.5. The summed E-state index contributed by atoms with van der Waals surface area (Å²) in [6.07, 6.45) is -0.376. The van der Waals surface area contributed by atoms with Crippen molar-refractivity contribution in [1.29, 1.82) is 0 Å². The topological polar surface area (TPSA) is 211 Å². The van der Waals surface area contributed by atoms with Gasteiger partial charge in [-0.05, 0) is 80.0 Å². The number of carbonyl (C=O) groups excluding carboxylic acids is 9. The van der Waals surface area contributed by atoms with Crippen LogP contribution in [0.3, 0.4) is 0 Å². The number of benzene rings is 2. The van der Waals surface area contributed by atoms with Crippen LogP contribution in [0.2, 0.25) is 0 Å². The molecule has 17 nitrogen and oxygen atoms in total. The molecular weight excluding hydrogens is 1080 g/mol. The molecule has 2 aliphatic rings. The number of Topliss-reactive ketones (excluding diaryl/α,β-unsaturated/α-hetero) is 2. The molecule has 2 heterocycles. The molecule has 18 heteroatoms. The van der Waals surface area contributed by atoms with Crippen molar-refractivity contribution in [3.05, 3.63) is 70.2 Å². The van der Waals surface area contributed by atoms with Gasteiger partial charge in [-0.2, -0.15) is 0 Å². The van der Waals surface area contributed by atoms with Crippen LogP contribution in [-0.4, -0.2) is 166 Å². The van der Waals surface area contributed by atoms with E-state index >= 15 is 9.59 Å². The fraction of sp³-hybridized carbons (Fsp3) is 0.661. The molecule has 0 spiro atoms.